The molecule has 0 saturated heterocycles. The summed E-state index contributed by atoms with van der Waals surface area (Å²) >= 11 is 16.8. The number of hydrogen-bond acceptors (Lipinski definition) is 2. The van der Waals surface area contributed by atoms with Crippen LogP contribution in [0.4, 0.5) is 5.69 Å². The van der Waals surface area contributed by atoms with Crippen LogP contribution in [0.2, 0.25) is 10.0 Å². The molecule has 0 unspecified atom stereocenters. The summed E-state index contributed by atoms with van der Waals surface area (Å²) in [6, 6.07) is 12.3. The largest absolute Gasteiger partial charge is 0.332 e. The van der Waals surface area contributed by atoms with Gasteiger partial charge in [-0.05, 0) is 49.5 Å². The van der Waals surface area contributed by atoms with Crippen molar-refractivity contribution in [3.63, 3.8) is 0 Å². The molecule has 0 aliphatic rings. The first-order valence-corrected chi connectivity index (χ1v) is 7.26. The number of rotatable bonds is 2. The molecular weight excluding hydrogens is 327 g/mol. The van der Waals surface area contributed by atoms with E-state index in [0.717, 1.165) is 5.56 Å². The molecule has 0 spiro atoms. The third kappa shape index (κ3) is 4.43. The van der Waals surface area contributed by atoms with Gasteiger partial charge in [0.2, 0.25) is 0 Å². The van der Waals surface area contributed by atoms with Crippen LogP contribution in [0.25, 0.3) is 0 Å². The van der Waals surface area contributed by atoms with Gasteiger partial charge in [-0.1, -0.05) is 40.9 Å². The maximum absolute atomic E-state index is 12.0. The van der Waals surface area contributed by atoms with Crippen molar-refractivity contribution in [2.45, 2.75) is 6.92 Å². The number of thiocarbonyl (C=S) groups is 1. The Labute approximate surface area is 138 Å². The van der Waals surface area contributed by atoms with Crippen molar-refractivity contribution in [1.82, 2.24) is 5.32 Å². The highest BCUT2D eigenvalue weighted by Gasteiger charge is 2.08. The Morgan fingerprint density at radius 2 is 1.86 bits per heavy atom. The van der Waals surface area contributed by atoms with E-state index < -0.39 is 0 Å². The fourth-order valence-electron chi connectivity index (χ4n) is 1.70. The summed E-state index contributed by atoms with van der Waals surface area (Å²) in [7, 11) is 0. The first-order chi connectivity index (χ1) is 9.95. The lowest BCUT2D eigenvalue weighted by atomic mass is 10.1. The summed E-state index contributed by atoms with van der Waals surface area (Å²) in [5.41, 5.74) is 2.21. The summed E-state index contributed by atoms with van der Waals surface area (Å²) < 4.78 is 0. The minimum Gasteiger partial charge on any atom is -0.332 e. The monoisotopic (exact) mass is 338 g/mol. The van der Waals surface area contributed by atoms with Gasteiger partial charge in [0.25, 0.3) is 5.91 Å². The standard InChI is InChI=1S/C15H12Cl2N2OS/c1-9-3-2-4-10(7-9)14(20)19-15(21)18-11-5-6-12(16)13(17)8-11/h2-8H,1H3,(H2,18,19,20,21). The van der Waals surface area contributed by atoms with Crippen molar-refractivity contribution in [3.8, 4) is 0 Å². The van der Waals surface area contributed by atoms with Gasteiger partial charge in [-0.25, -0.2) is 0 Å². The van der Waals surface area contributed by atoms with E-state index in [2.05, 4.69) is 10.6 Å². The van der Waals surface area contributed by atoms with Crippen molar-refractivity contribution < 1.29 is 4.79 Å². The number of anilines is 1. The van der Waals surface area contributed by atoms with E-state index in [9.17, 15) is 4.79 Å². The summed E-state index contributed by atoms with van der Waals surface area (Å²) in [6.07, 6.45) is 0. The SMILES string of the molecule is Cc1cccc(C(=O)NC(=S)Nc2ccc(Cl)c(Cl)c2)c1. The molecule has 0 radical (unpaired) electrons. The predicted octanol–water partition coefficient (Wildman–Crippen LogP) is 4.43. The van der Waals surface area contributed by atoms with Crippen LogP contribution in [0, 0.1) is 6.92 Å². The fourth-order valence-corrected chi connectivity index (χ4v) is 2.21. The van der Waals surface area contributed by atoms with Gasteiger partial charge in [-0.3, -0.25) is 10.1 Å². The van der Waals surface area contributed by atoms with Gasteiger partial charge in [0.1, 0.15) is 0 Å². The first kappa shape index (κ1) is 15.8. The smallest absolute Gasteiger partial charge is 0.257 e. The Morgan fingerprint density at radius 1 is 1.10 bits per heavy atom. The highest BCUT2D eigenvalue weighted by Crippen LogP contribution is 2.24. The Morgan fingerprint density at radius 3 is 2.52 bits per heavy atom. The van der Waals surface area contributed by atoms with Crippen LogP contribution in [-0.4, -0.2) is 11.0 Å². The topological polar surface area (TPSA) is 41.1 Å². The van der Waals surface area contributed by atoms with Gasteiger partial charge in [0.05, 0.1) is 10.0 Å². The molecule has 0 saturated carbocycles. The second kappa shape index (κ2) is 6.89. The molecule has 0 aromatic heterocycles. The van der Waals surface area contributed by atoms with E-state index in [1.54, 1.807) is 30.3 Å². The van der Waals surface area contributed by atoms with Gasteiger partial charge in [-0.2, -0.15) is 0 Å². The van der Waals surface area contributed by atoms with Crippen LogP contribution in [0.3, 0.4) is 0 Å². The lowest BCUT2D eigenvalue weighted by Gasteiger charge is -2.10. The lowest BCUT2D eigenvalue weighted by molar-refractivity contribution is 0.0977. The van der Waals surface area contributed by atoms with Crippen molar-refractivity contribution in [3.05, 3.63) is 63.6 Å². The molecule has 6 heteroatoms. The van der Waals surface area contributed by atoms with E-state index in [1.165, 1.54) is 0 Å². The van der Waals surface area contributed by atoms with Crippen molar-refractivity contribution in [2.24, 2.45) is 0 Å². The Balaban J connectivity index is 2.01. The molecule has 0 aliphatic heterocycles. The van der Waals surface area contributed by atoms with Crippen molar-refractivity contribution in [2.75, 3.05) is 5.32 Å². The van der Waals surface area contributed by atoms with Gasteiger partial charge in [-0.15, -0.1) is 0 Å². The molecule has 0 bridgehead atoms. The van der Waals surface area contributed by atoms with Crippen LogP contribution in [0.5, 0.6) is 0 Å². The number of carbonyl (C=O) groups is 1. The average Bonchev–Trinajstić information content (AvgIpc) is 2.43. The van der Waals surface area contributed by atoms with E-state index in [4.69, 9.17) is 35.4 Å². The van der Waals surface area contributed by atoms with E-state index in [-0.39, 0.29) is 11.0 Å². The van der Waals surface area contributed by atoms with Gasteiger partial charge >= 0.3 is 0 Å². The molecule has 2 rings (SSSR count). The molecule has 2 aromatic carbocycles. The van der Waals surface area contributed by atoms with E-state index >= 15 is 0 Å². The molecule has 1 amide bonds. The molecule has 0 heterocycles. The average molecular weight is 339 g/mol. The predicted molar refractivity (Wildman–Crippen MR) is 91.3 cm³/mol. The minimum absolute atomic E-state index is 0.194. The van der Waals surface area contributed by atoms with Crippen molar-refractivity contribution >= 4 is 52.1 Å². The molecule has 0 aliphatic carbocycles. The Bertz CT molecular complexity index is 704. The first-order valence-electron chi connectivity index (χ1n) is 6.10. The van der Waals surface area contributed by atoms with Crippen LogP contribution in [0.1, 0.15) is 15.9 Å². The number of halogens is 2. The van der Waals surface area contributed by atoms with Gasteiger partial charge in [0, 0.05) is 11.3 Å². The number of amides is 1. The molecule has 0 fully saturated rings. The zero-order valence-corrected chi connectivity index (χ0v) is 13.4. The van der Waals surface area contributed by atoms with Gasteiger partial charge in [0.15, 0.2) is 5.11 Å². The Kier molecular flexibility index (Phi) is 5.17. The highest BCUT2D eigenvalue weighted by molar-refractivity contribution is 7.80. The van der Waals surface area contributed by atoms with Gasteiger partial charge < -0.3 is 5.32 Å². The zero-order valence-electron chi connectivity index (χ0n) is 11.1. The lowest BCUT2D eigenvalue weighted by Crippen LogP contribution is -2.34. The Hall–Kier alpha value is -1.62. The molecule has 108 valence electrons. The second-order valence-corrected chi connectivity index (χ2v) is 5.63. The summed E-state index contributed by atoms with van der Waals surface area (Å²) in [6.45, 7) is 1.92. The maximum atomic E-state index is 12.0. The third-order valence-corrected chi connectivity index (χ3v) is 3.63. The number of aryl methyl sites for hydroxylation is 1. The summed E-state index contributed by atoms with van der Waals surface area (Å²) in [5, 5.41) is 6.55. The number of hydrogen-bond donors (Lipinski definition) is 2. The summed E-state index contributed by atoms with van der Waals surface area (Å²) in [5.74, 6) is -0.267. The number of benzene rings is 2. The molecule has 0 atom stereocenters. The molecule has 21 heavy (non-hydrogen) atoms. The second-order valence-electron chi connectivity index (χ2n) is 4.41. The molecule has 2 N–H and O–H groups in total. The third-order valence-electron chi connectivity index (χ3n) is 2.68. The fraction of sp³-hybridized carbons (Fsp3) is 0.0667. The quantitative estimate of drug-likeness (QED) is 0.796. The normalized spacial score (nSPS) is 10.0. The summed E-state index contributed by atoms with van der Waals surface area (Å²) in [4.78, 5) is 12.0. The molecule has 2 aromatic rings. The van der Waals surface area contributed by atoms with Crippen LogP contribution < -0.4 is 10.6 Å². The molecule has 3 nitrogen and oxygen atoms in total. The minimum atomic E-state index is -0.267. The van der Waals surface area contributed by atoms with E-state index in [0.29, 0.717) is 21.3 Å². The number of carbonyl (C=O) groups excluding carboxylic acids is 1. The maximum Gasteiger partial charge on any atom is 0.257 e. The van der Waals surface area contributed by atoms with E-state index in [1.807, 2.05) is 19.1 Å². The molecular formula is C15H12Cl2N2OS. The van der Waals surface area contributed by atoms with Crippen LogP contribution in [-0.2, 0) is 0 Å². The number of nitrogens with one attached hydrogen (secondary N) is 2. The van der Waals surface area contributed by atoms with Crippen molar-refractivity contribution in [1.29, 1.82) is 0 Å². The highest BCUT2D eigenvalue weighted by atomic mass is 35.5. The zero-order chi connectivity index (χ0) is 15.4. The van der Waals surface area contributed by atoms with Crippen LogP contribution in [0.15, 0.2) is 42.5 Å². The van der Waals surface area contributed by atoms with Crippen LogP contribution >= 0.6 is 35.4 Å².